The Balaban J connectivity index is 1.87. The first-order valence-electron chi connectivity index (χ1n) is 9.32. The number of fused-ring (bicyclic) bond motifs is 4. The lowest BCUT2D eigenvalue weighted by atomic mass is 9.83. The quantitative estimate of drug-likeness (QED) is 0.589. The van der Waals surface area contributed by atoms with Gasteiger partial charge in [-0.15, -0.1) is 0 Å². The minimum Gasteiger partial charge on any atom is -0.386 e. The van der Waals surface area contributed by atoms with Crippen LogP contribution in [0.15, 0.2) is 12.2 Å². The average Bonchev–Trinajstić information content (AvgIpc) is 2.91. The van der Waals surface area contributed by atoms with Crippen molar-refractivity contribution in [2.45, 2.75) is 95.7 Å². The van der Waals surface area contributed by atoms with Crippen molar-refractivity contribution in [2.75, 3.05) is 0 Å². The molecule has 6 atom stereocenters. The van der Waals surface area contributed by atoms with E-state index in [4.69, 9.17) is 9.47 Å². The largest absolute Gasteiger partial charge is 0.386 e. The molecular weight excluding hydrogens is 304 g/mol. The van der Waals surface area contributed by atoms with Gasteiger partial charge in [0.15, 0.2) is 0 Å². The van der Waals surface area contributed by atoms with Crippen LogP contribution in [-0.2, 0) is 14.3 Å². The molecule has 3 rings (SSSR count). The van der Waals surface area contributed by atoms with E-state index in [0.29, 0.717) is 18.3 Å². The van der Waals surface area contributed by atoms with Gasteiger partial charge in [0.25, 0.3) is 0 Å². The lowest BCUT2D eigenvalue weighted by molar-refractivity contribution is -0.130. The molecule has 0 saturated carbocycles. The smallest absolute Gasteiger partial charge is 0.138 e. The van der Waals surface area contributed by atoms with Crippen LogP contribution in [0, 0.1) is 11.8 Å². The Labute approximate surface area is 145 Å². The van der Waals surface area contributed by atoms with E-state index in [1.54, 1.807) is 6.92 Å². The zero-order valence-corrected chi connectivity index (χ0v) is 15.7. The second-order valence-electron chi connectivity index (χ2n) is 9.14. The van der Waals surface area contributed by atoms with E-state index in [1.807, 2.05) is 13.0 Å². The molecular formula is C20H32O4. The number of carbonyl (C=O) groups is 1. The van der Waals surface area contributed by atoms with Crippen molar-refractivity contribution in [1.82, 2.24) is 0 Å². The normalized spacial score (nSPS) is 50.6. The Morgan fingerprint density at radius 1 is 1.17 bits per heavy atom. The number of allylic oxidation sites excluding steroid dienone is 1. The van der Waals surface area contributed by atoms with Crippen molar-refractivity contribution in [2.24, 2.45) is 11.8 Å². The molecule has 3 aliphatic heterocycles. The zero-order chi connectivity index (χ0) is 17.8. The van der Waals surface area contributed by atoms with Crippen LogP contribution in [-0.4, -0.2) is 39.9 Å². The van der Waals surface area contributed by atoms with Crippen LogP contribution in [0.4, 0.5) is 0 Å². The molecule has 0 amide bonds. The van der Waals surface area contributed by atoms with Gasteiger partial charge in [0.2, 0.25) is 0 Å². The van der Waals surface area contributed by atoms with Gasteiger partial charge in [0.1, 0.15) is 11.4 Å². The van der Waals surface area contributed by atoms with Gasteiger partial charge in [-0.3, -0.25) is 4.79 Å². The maximum Gasteiger partial charge on any atom is 0.138 e. The first-order valence-corrected chi connectivity index (χ1v) is 9.32. The summed E-state index contributed by atoms with van der Waals surface area (Å²) < 4.78 is 12.4. The number of Topliss-reactive ketones (excluding diaryl/α,β-unsaturated/α-hetero) is 1. The van der Waals surface area contributed by atoms with Crippen LogP contribution < -0.4 is 0 Å². The van der Waals surface area contributed by atoms with E-state index in [9.17, 15) is 9.90 Å². The maximum absolute atomic E-state index is 12.5. The highest BCUT2D eigenvalue weighted by Gasteiger charge is 2.61. The van der Waals surface area contributed by atoms with Crippen molar-refractivity contribution >= 4 is 5.78 Å². The van der Waals surface area contributed by atoms with Crippen LogP contribution >= 0.6 is 0 Å². The Morgan fingerprint density at radius 2 is 1.88 bits per heavy atom. The van der Waals surface area contributed by atoms with E-state index in [-0.39, 0.29) is 30.0 Å². The molecule has 1 N–H and O–H groups in total. The lowest BCUT2D eigenvalue weighted by Crippen LogP contribution is -2.36. The second-order valence-corrected chi connectivity index (χ2v) is 9.14. The van der Waals surface area contributed by atoms with Crippen molar-refractivity contribution in [3.05, 3.63) is 12.2 Å². The molecule has 2 bridgehead atoms. The molecule has 0 aromatic carbocycles. The van der Waals surface area contributed by atoms with Crippen LogP contribution in [0.1, 0.15) is 66.7 Å². The van der Waals surface area contributed by atoms with Crippen molar-refractivity contribution < 1.29 is 19.4 Å². The number of epoxide rings is 1. The van der Waals surface area contributed by atoms with Crippen LogP contribution in [0.25, 0.3) is 0 Å². The van der Waals surface area contributed by atoms with Crippen molar-refractivity contribution in [3.63, 3.8) is 0 Å². The number of carbonyl (C=O) groups excluding carboxylic acids is 1. The molecule has 0 aromatic rings. The molecule has 3 aliphatic rings. The maximum atomic E-state index is 12.5. The summed E-state index contributed by atoms with van der Waals surface area (Å²) in [6.45, 7) is 10.3. The standard InChI is InChI=1S/C20H32O4/c1-13(2)14-6-8-18(3,22)11-15(21)12-19(4)9-7-16(23-19)20(5)17(10-14)24-20/h6,8,13-14,16-17,22H,7,9-12H2,1-5H3/b8-6+/t14-,16-,17-,18+,19+,20-/m0/s1. The highest BCUT2D eigenvalue weighted by Crippen LogP contribution is 2.51. The SMILES string of the molecule is CC(C)[C@H]1/C=C/[C@@](C)(O)CC(=O)C[C@@]2(C)CC[C@H](O2)[C@]2(C)O[C@H]2C1. The Kier molecular flexibility index (Phi) is 4.47. The van der Waals surface area contributed by atoms with E-state index < -0.39 is 11.2 Å². The molecule has 0 spiro atoms. The monoisotopic (exact) mass is 336 g/mol. The number of ketones is 1. The minimum atomic E-state index is -1.10. The number of ether oxygens (including phenoxy) is 2. The molecule has 3 heterocycles. The average molecular weight is 336 g/mol. The number of hydrogen-bond acceptors (Lipinski definition) is 4. The van der Waals surface area contributed by atoms with Gasteiger partial charge in [-0.1, -0.05) is 26.0 Å². The molecule has 0 radical (unpaired) electrons. The molecule has 0 aliphatic carbocycles. The van der Waals surface area contributed by atoms with E-state index >= 15 is 0 Å². The Bertz CT molecular complexity index is 538. The van der Waals surface area contributed by atoms with Crippen LogP contribution in [0.2, 0.25) is 0 Å². The highest BCUT2D eigenvalue weighted by molar-refractivity contribution is 5.80. The van der Waals surface area contributed by atoms with Gasteiger partial charge in [-0.05, 0) is 51.9 Å². The summed E-state index contributed by atoms with van der Waals surface area (Å²) in [5, 5.41) is 10.6. The Morgan fingerprint density at radius 3 is 2.54 bits per heavy atom. The van der Waals surface area contributed by atoms with Crippen LogP contribution in [0.5, 0.6) is 0 Å². The van der Waals surface area contributed by atoms with Gasteiger partial charge in [-0.2, -0.15) is 0 Å². The topological polar surface area (TPSA) is 59.1 Å². The summed E-state index contributed by atoms with van der Waals surface area (Å²) in [7, 11) is 0. The third-order valence-corrected chi connectivity index (χ3v) is 6.15. The van der Waals surface area contributed by atoms with Crippen molar-refractivity contribution in [1.29, 1.82) is 0 Å². The first kappa shape index (κ1) is 18.1. The summed E-state index contributed by atoms with van der Waals surface area (Å²) in [6.07, 6.45) is 7.42. The minimum absolute atomic E-state index is 0.0616. The summed E-state index contributed by atoms with van der Waals surface area (Å²) >= 11 is 0. The highest BCUT2D eigenvalue weighted by atomic mass is 16.6. The Hall–Kier alpha value is -0.710. The summed E-state index contributed by atoms with van der Waals surface area (Å²) in [5.74, 6) is 0.847. The molecule has 2 saturated heterocycles. The fraction of sp³-hybridized carbons (Fsp3) is 0.850. The third kappa shape index (κ3) is 3.61. The summed E-state index contributed by atoms with van der Waals surface area (Å²) in [4.78, 5) is 12.5. The lowest BCUT2D eigenvalue weighted by Gasteiger charge is -2.27. The summed E-state index contributed by atoms with van der Waals surface area (Å²) in [5.41, 5.74) is -1.74. The molecule has 136 valence electrons. The van der Waals surface area contributed by atoms with Crippen LogP contribution in [0.3, 0.4) is 0 Å². The molecule has 0 aromatic heterocycles. The first-order chi connectivity index (χ1) is 11.0. The van der Waals surface area contributed by atoms with E-state index in [2.05, 4.69) is 26.8 Å². The predicted molar refractivity (Wildman–Crippen MR) is 92.7 cm³/mol. The fourth-order valence-electron chi connectivity index (χ4n) is 4.36. The van der Waals surface area contributed by atoms with Gasteiger partial charge < -0.3 is 14.6 Å². The number of hydrogen-bond donors (Lipinski definition) is 1. The van der Waals surface area contributed by atoms with E-state index in [1.165, 1.54) is 0 Å². The van der Waals surface area contributed by atoms with Gasteiger partial charge in [0.05, 0.1) is 23.4 Å². The fourth-order valence-corrected chi connectivity index (χ4v) is 4.36. The molecule has 4 nitrogen and oxygen atoms in total. The van der Waals surface area contributed by atoms with Gasteiger partial charge in [-0.25, -0.2) is 0 Å². The van der Waals surface area contributed by atoms with Gasteiger partial charge >= 0.3 is 0 Å². The molecule has 4 heteroatoms. The number of rotatable bonds is 1. The molecule has 2 fully saturated rings. The third-order valence-electron chi connectivity index (χ3n) is 6.15. The van der Waals surface area contributed by atoms with Gasteiger partial charge in [0, 0.05) is 12.8 Å². The summed E-state index contributed by atoms with van der Waals surface area (Å²) in [6, 6.07) is 0. The van der Waals surface area contributed by atoms with Crippen molar-refractivity contribution in [3.8, 4) is 0 Å². The number of aliphatic hydroxyl groups is 1. The molecule has 0 unspecified atom stereocenters. The molecule has 24 heavy (non-hydrogen) atoms. The zero-order valence-electron chi connectivity index (χ0n) is 15.7. The van der Waals surface area contributed by atoms with E-state index in [0.717, 1.165) is 19.3 Å². The predicted octanol–water partition coefficient (Wildman–Crippen LogP) is 3.41. The second kappa shape index (κ2) is 5.93.